The molecule has 1 saturated heterocycles. The summed E-state index contributed by atoms with van der Waals surface area (Å²) in [5, 5.41) is 29.8. The molecule has 0 unspecified atom stereocenters. The summed E-state index contributed by atoms with van der Waals surface area (Å²) in [5.74, 6) is -1.82. The Hall–Kier alpha value is -0.790. The zero-order valence-corrected chi connectivity index (χ0v) is 13.9. The topological polar surface area (TPSA) is 134 Å². The molecule has 0 spiro atoms. The molecule has 124 valence electrons. The van der Waals surface area contributed by atoms with E-state index in [1.807, 2.05) is 22.6 Å². The average molecular weight is 428 g/mol. The summed E-state index contributed by atoms with van der Waals surface area (Å²) in [6, 6.07) is 0. The van der Waals surface area contributed by atoms with E-state index in [9.17, 15) is 24.9 Å². The van der Waals surface area contributed by atoms with Crippen LogP contribution in [0.15, 0.2) is 15.8 Å². The molecule has 0 aromatic carbocycles. The molecule has 0 radical (unpaired) electrons. The van der Waals surface area contributed by atoms with Crippen molar-refractivity contribution < 1.29 is 24.8 Å². The minimum absolute atomic E-state index is 0.178. The molecule has 4 atom stereocenters. The highest BCUT2D eigenvalue weighted by atomic mass is 127. The van der Waals surface area contributed by atoms with E-state index in [-0.39, 0.29) is 12.2 Å². The standard InChI is InChI=1S/C12H17IN2O7/c1-6-4-15(11(20)14-9(6)19)10-7(17)8(18)12(5-16,22-10)21-3-2-13/h4,7-8,10,16-18H,2-3,5H2,1H3,(H,14,19,20)/t7-,8+,10-,12-/m1/s1. The fourth-order valence-electron chi connectivity index (χ4n) is 2.26. The van der Waals surface area contributed by atoms with E-state index >= 15 is 0 Å². The Labute approximate surface area is 138 Å². The minimum Gasteiger partial charge on any atom is -0.391 e. The largest absolute Gasteiger partial charge is 0.391 e. The number of alkyl halides is 1. The number of ether oxygens (including phenoxy) is 2. The van der Waals surface area contributed by atoms with Gasteiger partial charge in [0.05, 0.1) is 6.61 Å². The molecule has 10 heteroatoms. The van der Waals surface area contributed by atoms with Crippen LogP contribution in [0.3, 0.4) is 0 Å². The van der Waals surface area contributed by atoms with Crippen LogP contribution in [0.4, 0.5) is 0 Å². The first-order valence-corrected chi connectivity index (χ1v) is 8.05. The second kappa shape index (κ2) is 6.76. The number of hydrogen-bond donors (Lipinski definition) is 4. The maximum atomic E-state index is 11.9. The van der Waals surface area contributed by atoms with Crippen LogP contribution < -0.4 is 11.2 Å². The second-order valence-corrected chi connectivity index (χ2v) is 6.01. The molecule has 22 heavy (non-hydrogen) atoms. The number of aromatic amines is 1. The summed E-state index contributed by atoms with van der Waals surface area (Å²) in [6.45, 7) is 0.963. The van der Waals surface area contributed by atoms with Crippen molar-refractivity contribution in [1.82, 2.24) is 9.55 Å². The Balaban J connectivity index is 2.40. The van der Waals surface area contributed by atoms with Gasteiger partial charge in [-0.2, -0.15) is 0 Å². The Morgan fingerprint density at radius 2 is 2.18 bits per heavy atom. The van der Waals surface area contributed by atoms with Gasteiger partial charge in [0.1, 0.15) is 18.8 Å². The van der Waals surface area contributed by atoms with Crippen LogP contribution in [-0.4, -0.2) is 60.5 Å². The van der Waals surface area contributed by atoms with E-state index in [1.165, 1.54) is 13.1 Å². The summed E-state index contributed by atoms with van der Waals surface area (Å²) in [6.07, 6.45) is -3.14. The first kappa shape index (κ1) is 17.6. The number of aliphatic hydroxyl groups excluding tert-OH is 3. The van der Waals surface area contributed by atoms with Crippen LogP contribution in [0.5, 0.6) is 0 Å². The van der Waals surface area contributed by atoms with Crippen molar-refractivity contribution in [1.29, 1.82) is 0 Å². The number of hydrogen-bond acceptors (Lipinski definition) is 7. The molecule has 0 saturated carbocycles. The Kier molecular flexibility index (Phi) is 5.40. The predicted octanol–water partition coefficient (Wildman–Crippen LogP) is -1.76. The SMILES string of the molecule is Cc1cn([C@@H]2O[C@@](CO)(OCCI)[C@@H](O)[C@H]2O)c(=O)[nH]c1=O. The number of H-pyrrole nitrogens is 1. The number of nitrogens with one attached hydrogen (secondary N) is 1. The van der Waals surface area contributed by atoms with Crippen LogP contribution in [0, 0.1) is 6.92 Å². The van der Waals surface area contributed by atoms with Crippen LogP contribution in [-0.2, 0) is 9.47 Å². The fourth-order valence-corrected chi connectivity index (χ4v) is 2.48. The third-order valence-electron chi connectivity index (χ3n) is 3.45. The highest BCUT2D eigenvalue weighted by Crippen LogP contribution is 2.37. The van der Waals surface area contributed by atoms with Crippen molar-refractivity contribution in [3.05, 3.63) is 32.6 Å². The minimum atomic E-state index is -1.82. The van der Waals surface area contributed by atoms with Crippen molar-refractivity contribution >= 4 is 22.6 Å². The van der Waals surface area contributed by atoms with Crippen LogP contribution in [0.1, 0.15) is 11.8 Å². The molecule has 1 fully saturated rings. The molecule has 4 N–H and O–H groups in total. The molecule has 2 rings (SSSR count). The fraction of sp³-hybridized carbons (Fsp3) is 0.667. The van der Waals surface area contributed by atoms with Crippen molar-refractivity contribution in [3.8, 4) is 0 Å². The molecule has 1 aromatic rings. The monoisotopic (exact) mass is 428 g/mol. The summed E-state index contributed by atoms with van der Waals surface area (Å²) >= 11 is 2.04. The van der Waals surface area contributed by atoms with Gasteiger partial charge in [-0.15, -0.1) is 0 Å². The number of rotatable bonds is 5. The van der Waals surface area contributed by atoms with E-state index in [1.54, 1.807) is 0 Å². The lowest BCUT2D eigenvalue weighted by molar-refractivity contribution is -0.279. The van der Waals surface area contributed by atoms with Gasteiger partial charge in [-0.25, -0.2) is 4.79 Å². The summed E-state index contributed by atoms with van der Waals surface area (Å²) in [5.41, 5.74) is -1.11. The number of aryl methyl sites for hydroxylation is 1. The number of nitrogens with zero attached hydrogens (tertiary/aromatic N) is 1. The molecular formula is C12H17IN2O7. The van der Waals surface area contributed by atoms with E-state index < -0.39 is 42.1 Å². The van der Waals surface area contributed by atoms with Gasteiger partial charge in [-0.05, 0) is 6.92 Å². The van der Waals surface area contributed by atoms with Gasteiger partial charge in [-0.3, -0.25) is 14.3 Å². The van der Waals surface area contributed by atoms with Crippen LogP contribution >= 0.6 is 22.6 Å². The molecule has 9 nitrogen and oxygen atoms in total. The Morgan fingerprint density at radius 3 is 2.77 bits per heavy atom. The normalized spacial score (nSPS) is 31.6. The molecule has 0 amide bonds. The van der Waals surface area contributed by atoms with Gasteiger partial charge < -0.3 is 24.8 Å². The van der Waals surface area contributed by atoms with Crippen molar-refractivity contribution in [2.24, 2.45) is 0 Å². The lowest BCUT2D eigenvalue weighted by Crippen LogP contribution is -2.49. The van der Waals surface area contributed by atoms with E-state index in [2.05, 4.69) is 4.98 Å². The first-order chi connectivity index (χ1) is 10.4. The zero-order valence-electron chi connectivity index (χ0n) is 11.7. The van der Waals surface area contributed by atoms with E-state index in [0.29, 0.717) is 4.43 Å². The van der Waals surface area contributed by atoms with Crippen molar-refractivity contribution in [2.75, 3.05) is 17.6 Å². The molecule has 0 bridgehead atoms. The zero-order chi connectivity index (χ0) is 16.5. The summed E-state index contributed by atoms with van der Waals surface area (Å²) in [4.78, 5) is 25.3. The lowest BCUT2D eigenvalue weighted by atomic mass is 10.1. The molecular weight excluding hydrogens is 411 g/mol. The van der Waals surface area contributed by atoms with Crippen LogP contribution in [0.2, 0.25) is 0 Å². The summed E-state index contributed by atoms with van der Waals surface area (Å²) < 4.78 is 12.3. The predicted molar refractivity (Wildman–Crippen MR) is 82.9 cm³/mol. The average Bonchev–Trinajstić information content (AvgIpc) is 2.74. The highest BCUT2D eigenvalue weighted by Gasteiger charge is 2.56. The number of aliphatic hydroxyl groups is 3. The molecule has 1 aliphatic rings. The smallest absolute Gasteiger partial charge is 0.330 e. The van der Waals surface area contributed by atoms with Gasteiger partial charge >= 0.3 is 5.69 Å². The Bertz CT molecular complexity index is 645. The van der Waals surface area contributed by atoms with E-state index in [0.717, 1.165) is 4.57 Å². The second-order valence-electron chi connectivity index (χ2n) is 4.93. The summed E-state index contributed by atoms with van der Waals surface area (Å²) in [7, 11) is 0. The van der Waals surface area contributed by atoms with Gasteiger partial charge in [0.25, 0.3) is 5.56 Å². The third-order valence-corrected chi connectivity index (χ3v) is 3.89. The third kappa shape index (κ3) is 2.98. The lowest BCUT2D eigenvalue weighted by Gasteiger charge is -2.29. The van der Waals surface area contributed by atoms with Gasteiger partial charge in [-0.1, -0.05) is 22.6 Å². The van der Waals surface area contributed by atoms with Gasteiger partial charge in [0, 0.05) is 16.2 Å². The molecule has 1 aromatic heterocycles. The van der Waals surface area contributed by atoms with Crippen LogP contribution in [0.25, 0.3) is 0 Å². The molecule has 1 aliphatic heterocycles. The number of aromatic nitrogens is 2. The maximum Gasteiger partial charge on any atom is 0.330 e. The quantitative estimate of drug-likeness (QED) is 0.323. The number of halogens is 1. The Morgan fingerprint density at radius 1 is 1.50 bits per heavy atom. The van der Waals surface area contributed by atoms with E-state index in [4.69, 9.17) is 9.47 Å². The molecule has 0 aliphatic carbocycles. The first-order valence-electron chi connectivity index (χ1n) is 6.53. The van der Waals surface area contributed by atoms with Crippen molar-refractivity contribution in [3.63, 3.8) is 0 Å². The van der Waals surface area contributed by atoms with Crippen molar-refractivity contribution in [2.45, 2.75) is 31.1 Å². The highest BCUT2D eigenvalue weighted by molar-refractivity contribution is 14.1. The molecule has 2 heterocycles. The van der Waals surface area contributed by atoms with Gasteiger partial charge in [0.2, 0.25) is 5.79 Å². The maximum absolute atomic E-state index is 11.9. The van der Waals surface area contributed by atoms with Gasteiger partial charge in [0.15, 0.2) is 6.23 Å².